The Hall–Kier alpha value is -2.70. The molecular formula is C15H19N3O4. The fourth-order valence-corrected chi connectivity index (χ4v) is 1.86. The third-order valence-corrected chi connectivity index (χ3v) is 2.98. The molecule has 0 aliphatic heterocycles. The lowest BCUT2D eigenvalue weighted by Crippen LogP contribution is -2.28. The number of hydrogen-bond donors (Lipinski definition) is 2. The highest BCUT2D eigenvalue weighted by Gasteiger charge is 2.09. The van der Waals surface area contributed by atoms with Gasteiger partial charge in [0.2, 0.25) is 0 Å². The Morgan fingerprint density at radius 3 is 2.82 bits per heavy atom. The van der Waals surface area contributed by atoms with Crippen molar-refractivity contribution in [3.8, 4) is 11.5 Å². The first-order valence-electron chi connectivity index (χ1n) is 6.88. The number of nitrogens with zero attached hydrogens (tertiary/aromatic N) is 1. The molecule has 22 heavy (non-hydrogen) atoms. The third kappa shape index (κ3) is 3.91. The van der Waals surface area contributed by atoms with Crippen LogP contribution in [0.15, 0.2) is 29.0 Å². The molecule has 1 heterocycles. The molecule has 0 bridgehead atoms. The quantitative estimate of drug-likeness (QED) is 0.857. The summed E-state index contributed by atoms with van der Waals surface area (Å²) >= 11 is 0. The smallest absolute Gasteiger partial charge is 0.319 e. The van der Waals surface area contributed by atoms with E-state index in [0.717, 1.165) is 0 Å². The van der Waals surface area contributed by atoms with Crippen LogP contribution in [-0.4, -0.2) is 24.7 Å². The van der Waals surface area contributed by atoms with Crippen molar-refractivity contribution in [3.05, 3.63) is 36.0 Å². The van der Waals surface area contributed by atoms with Crippen molar-refractivity contribution in [2.24, 2.45) is 0 Å². The first kappa shape index (κ1) is 15.7. The van der Waals surface area contributed by atoms with Crippen LogP contribution in [-0.2, 0) is 6.54 Å². The van der Waals surface area contributed by atoms with Crippen LogP contribution in [0, 0.1) is 6.92 Å². The van der Waals surface area contributed by atoms with Gasteiger partial charge in [0.05, 0.1) is 20.3 Å². The molecule has 2 rings (SSSR count). The van der Waals surface area contributed by atoms with Gasteiger partial charge in [-0.2, -0.15) is 0 Å². The second kappa shape index (κ2) is 7.35. The number of methoxy groups -OCH3 is 1. The molecule has 0 unspecified atom stereocenters. The number of oxazole rings is 1. The summed E-state index contributed by atoms with van der Waals surface area (Å²) in [5, 5.41) is 5.44. The molecule has 0 aliphatic carbocycles. The number of hydrogen-bond acceptors (Lipinski definition) is 5. The molecule has 0 fully saturated rings. The Balaban J connectivity index is 1.96. The van der Waals surface area contributed by atoms with E-state index < -0.39 is 0 Å². The maximum absolute atomic E-state index is 11.9. The standard InChI is InChI=1S/C15H19N3O4/c1-4-21-14-7-11(5-6-13(14)20-3)18-15(19)16-8-12-10(2)22-9-17-12/h5-7,9H,4,8H2,1-3H3,(H2,16,18,19). The van der Waals surface area contributed by atoms with E-state index in [1.54, 1.807) is 32.2 Å². The van der Waals surface area contributed by atoms with Crippen molar-refractivity contribution in [1.29, 1.82) is 0 Å². The minimum atomic E-state index is -0.338. The number of urea groups is 1. The average molecular weight is 305 g/mol. The lowest BCUT2D eigenvalue weighted by Gasteiger charge is -2.12. The van der Waals surface area contributed by atoms with Gasteiger partial charge in [-0.25, -0.2) is 9.78 Å². The van der Waals surface area contributed by atoms with Crippen LogP contribution in [0.1, 0.15) is 18.4 Å². The van der Waals surface area contributed by atoms with Gasteiger partial charge < -0.3 is 24.5 Å². The number of amides is 2. The zero-order valence-electron chi connectivity index (χ0n) is 12.8. The van der Waals surface area contributed by atoms with Gasteiger partial charge >= 0.3 is 6.03 Å². The largest absolute Gasteiger partial charge is 0.493 e. The molecule has 2 N–H and O–H groups in total. The Morgan fingerprint density at radius 2 is 2.18 bits per heavy atom. The SMILES string of the molecule is CCOc1cc(NC(=O)NCc2ncoc2C)ccc1OC. The Morgan fingerprint density at radius 1 is 1.36 bits per heavy atom. The van der Waals surface area contributed by atoms with E-state index in [1.165, 1.54) is 6.39 Å². The van der Waals surface area contributed by atoms with Crippen LogP contribution in [0.2, 0.25) is 0 Å². The summed E-state index contributed by atoms with van der Waals surface area (Å²) < 4.78 is 15.7. The summed E-state index contributed by atoms with van der Waals surface area (Å²) in [7, 11) is 1.57. The van der Waals surface area contributed by atoms with Gasteiger partial charge in [0.1, 0.15) is 11.5 Å². The van der Waals surface area contributed by atoms with E-state index in [0.29, 0.717) is 41.8 Å². The van der Waals surface area contributed by atoms with E-state index in [-0.39, 0.29) is 6.03 Å². The highest BCUT2D eigenvalue weighted by atomic mass is 16.5. The lowest BCUT2D eigenvalue weighted by molar-refractivity contribution is 0.251. The Bertz CT molecular complexity index is 639. The summed E-state index contributed by atoms with van der Waals surface area (Å²) in [6.07, 6.45) is 1.35. The molecule has 118 valence electrons. The number of aryl methyl sites for hydroxylation is 1. The normalized spacial score (nSPS) is 10.1. The van der Waals surface area contributed by atoms with Crippen LogP contribution in [0.3, 0.4) is 0 Å². The molecule has 0 saturated carbocycles. The molecule has 2 aromatic rings. The second-order valence-corrected chi connectivity index (χ2v) is 4.46. The Kier molecular flexibility index (Phi) is 5.24. The number of anilines is 1. The number of ether oxygens (including phenoxy) is 2. The fraction of sp³-hybridized carbons (Fsp3) is 0.333. The van der Waals surface area contributed by atoms with Gasteiger partial charge in [0.15, 0.2) is 17.9 Å². The second-order valence-electron chi connectivity index (χ2n) is 4.46. The summed E-state index contributed by atoms with van der Waals surface area (Å²) in [6, 6.07) is 4.85. The lowest BCUT2D eigenvalue weighted by atomic mass is 10.2. The van der Waals surface area contributed by atoms with Crippen molar-refractivity contribution in [3.63, 3.8) is 0 Å². The molecule has 1 aromatic carbocycles. The zero-order valence-corrected chi connectivity index (χ0v) is 12.8. The first-order valence-corrected chi connectivity index (χ1v) is 6.88. The zero-order chi connectivity index (χ0) is 15.9. The molecule has 7 nitrogen and oxygen atoms in total. The van der Waals surface area contributed by atoms with E-state index in [2.05, 4.69) is 15.6 Å². The maximum atomic E-state index is 11.9. The highest BCUT2D eigenvalue weighted by molar-refractivity contribution is 5.89. The van der Waals surface area contributed by atoms with Gasteiger partial charge in [-0.05, 0) is 26.0 Å². The minimum absolute atomic E-state index is 0.294. The third-order valence-electron chi connectivity index (χ3n) is 2.98. The summed E-state index contributed by atoms with van der Waals surface area (Å²) in [5.74, 6) is 1.88. The van der Waals surface area contributed by atoms with Crippen molar-refractivity contribution in [2.45, 2.75) is 20.4 Å². The molecule has 1 aromatic heterocycles. The first-order chi connectivity index (χ1) is 10.6. The summed E-state index contributed by atoms with van der Waals surface area (Å²) in [6.45, 7) is 4.48. The van der Waals surface area contributed by atoms with Crippen molar-refractivity contribution in [2.75, 3.05) is 19.0 Å². The monoisotopic (exact) mass is 305 g/mol. The molecule has 0 atom stereocenters. The van der Waals surface area contributed by atoms with Gasteiger partial charge in [0, 0.05) is 11.8 Å². The molecule has 2 amide bonds. The topological polar surface area (TPSA) is 85.6 Å². The number of rotatable bonds is 6. The van der Waals surface area contributed by atoms with Crippen molar-refractivity contribution in [1.82, 2.24) is 10.3 Å². The molecule has 0 saturated heterocycles. The molecule has 0 spiro atoms. The van der Waals surface area contributed by atoms with Gasteiger partial charge in [-0.15, -0.1) is 0 Å². The predicted molar refractivity (Wildman–Crippen MR) is 81.3 cm³/mol. The summed E-state index contributed by atoms with van der Waals surface area (Å²) in [4.78, 5) is 15.9. The van der Waals surface area contributed by atoms with Crippen LogP contribution in [0.25, 0.3) is 0 Å². The van der Waals surface area contributed by atoms with E-state index in [4.69, 9.17) is 13.9 Å². The predicted octanol–water partition coefficient (Wildman–Crippen LogP) is 2.71. The molecular weight excluding hydrogens is 286 g/mol. The Labute approximate surface area is 128 Å². The van der Waals surface area contributed by atoms with E-state index in [9.17, 15) is 4.79 Å². The number of carbonyl (C=O) groups is 1. The number of carbonyl (C=O) groups excluding carboxylic acids is 1. The van der Waals surface area contributed by atoms with Crippen molar-refractivity contribution >= 4 is 11.7 Å². The highest BCUT2D eigenvalue weighted by Crippen LogP contribution is 2.30. The van der Waals surface area contributed by atoms with Gasteiger partial charge in [-0.1, -0.05) is 0 Å². The van der Waals surface area contributed by atoms with Crippen LogP contribution in [0.4, 0.5) is 10.5 Å². The van der Waals surface area contributed by atoms with Gasteiger partial charge in [0.25, 0.3) is 0 Å². The van der Waals surface area contributed by atoms with Crippen LogP contribution in [0.5, 0.6) is 11.5 Å². The molecule has 0 aliphatic rings. The van der Waals surface area contributed by atoms with E-state index in [1.807, 2.05) is 6.92 Å². The fourth-order valence-electron chi connectivity index (χ4n) is 1.86. The van der Waals surface area contributed by atoms with Gasteiger partial charge in [-0.3, -0.25) is 0 Å². The summed E-state index contributed by atoms with van der Waals surface area (Å²) in [5.41, 5.74) is 1.30. The average Bonchev–Trinajstić information content (AvgIpc) is 2.91. The van der Waals surface area contributed by atoms with Crippen LogP contribution < -0.4 is 20.1 Å². The number of nitrogens with one attached hydrogen (secondary N) is 2. The van der Waals surface area contributed by atoms with Crippen LogP contribution >= 0.6 is 0 Å². The van der Waals surface area contributed by atoms with E-state index >= 15 is 0 Å². The minimum Gasteiger partial charge on any atom is -0.493 e. The maximum Gasteiger partial charge on any atom is 0.319 e. The molecule has 7 heteroatoms. The number of benzene rings is 1. The molecule has 0 radical (unpaired) electrons. The van der Waals surface area contributed by atoms with Crippen molar-refractivity contribution < 1.29 is 18.7 Å². The number of aromatic nitrogens is 1.